The fraction of sp³-hybridized carbons (Fsp3) is 0.250. The summed E-state index contributed by atoms with van der Waals surface area (Å²) in [6.45, 7) is 3.76. The van der Waals surface area contributed by atoms with Gasteiger partial charge in [0.15, 0.2) is 6.20 Å². The van der Waals surface area contributed by atoms with E-state index in [1.807, 2.05) is 13.8 Å². The molecule has 0 bridgehead atoms. The fourth-order valence-corrected chi connectivity index (χ4v) is 3.60. The average Bonchev–Trinajstić information content (AvgIpc) is 3.16. The number of aromatic nitrogens is 2. The Hall–Kier alpha value is -2.94. The number of hydrogen-bond donors (Lipinski definition) is 1. The number of thiazole rings is 1. The number of hydrogen-bond acceptors (Lipinski definition) is 4. The second-order valence-electron chi connectivity index (χ2n) is 6.76. The third-order valence-electron chi connectivity index (χ3n) is 4.32. The number of pyridine rings is 1. The highest BCUT2D eigenvalue weighted by Gasteiger charge is 2.30. The monoisotopic (exact) mass is 421 g/mol. The molecular formula is C20H18F3N3O2S. The van der Waals surface area contributed by atoms with Crippen LogP contribution in [0, 0.1) is 11.1 Å². The number of rotatable bonds is 5. The third-order valence-corrected chi connectivity index (χ3v) is 5.21. The topological polar surface area (TPSA) is 68.9 Å². The van der Waals surface area contributed by atoms with Gasteiger partial charge in [-0.1, -0.05) is 26.0 Å². The first-order chi connectivity index (χ1) is 13.7. The van der Waals surface area contributed by atoms with Gasteiger partial charge in [0.05, 0.1) is 5.56 Å². The van der Waals surface area contributed by atoms with Gasteiger partial charge < -0.3 is 10.5 Å². The second-order valence-corrected chi connectivity index (χ2v) is 7.62. The van der Waals surface area contributed by atoms with Gasteiger partial charge in [-0.05, 0) is 24.1 Å². The zero-order valence-corrected chi connectivity index (χ0v) is 16.4. The lowest BCUT2D eigenvalue weighted by Gasteiger charge is -2.20. The summed E-state index contributed by atoms with van der Waals surface area (Å²) in [7, 11) is 0. The SMILES string of the molecule is CC(C)C(NC(=O)c1csc(-c2ccc(C(F)(F)F)cc2)n1)c1cccc[n+]1[O-]. The van der Waals surface area contributed by atoms with Crippen molar-refractivity contribution in [3.8, 4) is 10.6 Å². The second kappa shape index (κ2) is 8.20. The molecule has 0 spiro atoms. The van der Waals surface area contributed by atoms with Crippen LogP contribution < -0.4 is 10.0 Å². The Bertz CT molecular complexity index is 1000. The van der Waals surface area contributed by atoms with Crippen molar-refractivity contribution in [3.05, 3.63) is 76.2 Å². The molecule has 29 heavy (non-hydrogen) atoms. The van der Waals surface area contributed by atoms with Gasteiger partial charge in [-0.15, -0.1) is 11.3 Å². The van der Waals surface area contributed by atoms with Crippen LogP contribution in [0.5, 0.6) is 0 Å². The van der Waals surface area contributed by atoms with Crippen LogP contribution in [0.1, 0.15) is 41.6 Å². The van der Waals surface area contributed by atoms with Crippen molar-refractivity contribution in [2.45, 2.75) is 26.1 Å². The number of carbonyl (C=O) groups is 1. The van der Waals surface area contributed by atoms with Crippen LogP contribution in [0.25, 0.3) is 10.6 Å². The van der Waals surface area contributed by atoms with Crippen LogP contribution in [0.3, 0.4) is 0 Å². The van der Waals surface area contributed by atoms with E-state index in [0.717, 1.165) is 23.5 Å². The molecule has 2 aromatic heterocycles. The maximum absolute atomic E-state index is 12.7. The highest BCUT2D eigenvalue weighted by Crippen LogP contribution is 2.32. The third kappa shape index (κ3) is 4.73. The predicted octanol–water partition coefficient (Wildman–Crippen LogP) is 4.59. The first-order valence-corrected chi connectivity index (χ1v) is 9.67. The van der Waals surface area contributed by atoms with Gasteiger partial charge in [0, 0.05) is 23.1 Å². The Balaban J connectivity index is 1.79. The molecule has 1 N–H and O–H groups in total. The molecule has 0 aliphatic rings. The fourth-order valence-electron chi connectivity index (χ4n) is 2.79. The molecule has 2 heterocycles. The Morgan fingerprint density at radius 1 is 1.17 bits per heavy atom. The van der Waals surface area contributed by atoms with Gasteiger partial charge in [0.25, 0.3) is 5.91 Å². The van der Waals surface area contributed by atoms with E-state index in [9.17, 15) is 23.2 Å². The molecule has 3 aromatic rings. The Kier molecular flexibility index (Phi) is 5.88. The molecule has 0 fully saturated rings. The molecule has 1 unspecified atom stereocenters. The van der Waals surface area contributed by atoms with E-state index in [1.165, 1.54) is 23.7 Å². The molecule has 0 saturated heterocycles. The maximum atomic E-state index is 12.7. The minimum atomic E-state index is -4.41. The summed E-state index contributed by atoms with van der Waals surface area (Å²) < 4.78 is 38.8. The summed E-state index contributed by atoms with van der Waals surface area (Å²) in [6, 6.07) is 9.06. The van der Waals surface area contributed by atoms with Gasteiger partial charge in [0.2, 0.25) is 5.69 Å². The number of nitrogens with zero attached hydrogens (tertiary/aromatic N) is 2. The van der Waals surface area contributed by atoms with Gasteiger partial charge in [-0.2, -0.15) is 17.9 Å². The number of alkyl halides is 3. The van der Waals surface area contributed by atoms with Crippen molar-refractivity contribution in [1.82, 2.24) is 10.3 Å². The lowest BCUT2D eigenvalue weighted by molar-refractivity contribution is -0.616. The molecule has 1 amide bonds. The van der Waals surface area contributed by atoms with Crippen molar-refractivity contribution in [2.75, 3.05) is 0 Å². The number of nitrogens with one attached hydrogen (secondary N) is 1. The molecule has 0 aliphatic heterocycles. The standard InChI is InChI=1S/C20H18F3N3O2S/c1-12(2)17(16-5-3-4-10-26(16)28)25-18(27)15-11-29-19(24-15)13-6-8-14(9-7-13)20(21,22)23/h3-12,17H,1-2H3,(H,25,27). The van der Waals surface area contributed by atoms with Gasteiger partial charge in [-0.3, -0.25) is 4.79 Å². The highest BCUT2D eigenvalue weighted by molar-refractivity contribution is 7.13. The molecule has 0 aliphatic carbocycles. The average molecular weight is 421 g/mol. The Labute approximate surface area is 169 Å². The largest absolute Gasteiger partial charge is 0.618 e. The van der Waals surface area contributed by atoms with E-state index in [2.05, 4.69) is 10.3 Å². The first kappa shape index (κ1) is 20.8. The smallest absolute Gasteiger partial charge is 0.416 e. The van der Waals surface area contributed by atoms with E-state index in [1.54, 1.807) is 18.2 Å². The summed E-state index contributed by atoms with van der Waals surface area (Å²) in [5, 5.41) is 16.8. The van der Waals surface area contributed by atoms with E-state index < -0.39 is 23.7 Å². The maximum Gasteiger partial charge on any atom is 0.416 e. The lowest BCUT2D eigenvalue weighted by atomic mass is 10.00. The summed E-state index contributed by atoms with van der Waals surface area (Å²) in [5.74, 6) is -0.503. The van der Waals surface area contributed by atoms with E-state index in [0.29, 0.717) is 21.0 Å². The minimum absolute atomic E-state index is 0.0467. The lowest BCUT2D eigenvalue weighted by Crippen LogP contribution is -2.41. The highest BCUT2D eigenvalue weighted by atomic mass is 32.1. The quantitative estimate of drug-likeness (QED) is 0.484. The van der Waals surface area contributed by atoms with E-state index in [4.69, 9.17) is 0 Å². The summed E-state index contributed by atoms with van der Waals surface area (Å²) in [4.78, 5) is 16.9. The van der Waals surface area contributed by atoms with Crippen molar-refractivity contribution in [1.29, 1.82) is 0 Å². The number of amides is 1. The van der Waals surface area contributed by atoms with E-state index in [-0.39, 0.29) is 11.6 Å². The van der Waals surface area contributed by atoms with Crippen molar-refractivity contribution in [3.63, 3.8) is 0 Å². The molecule has 5 nitrogen and oxygen atoms in total. The normalized spacial score (nSPS) is 12.8. The summed E-state index contributed by atoms with van der Waals surface area (Å²) in [6.07, 6.45) is -3.05. The zero-order valence-electron chi connectivity index (χ0n) is 15.6. The van der Waals surface area contributed by atoms with Gasteiger partial charge >= 0.3 is 6.18 Å². The Morgan fingerprint density at radius 2 is 1.86 bits per heavy atom. The summed E-state index contributed by atoms with van der Waals surface area (Å²) >= 11 is 1.16. The van der Waals surface area contributed by atoms with Crippen LogP contribution in [0.4, 0.5) is 13.2 Å². The molecule has 1 atom stereocenters. The first-order valence-electron chi connectivity index (χ1n) is 8.79. The minimum Gasteiger partial charge on any atom is -0.618 e. The van der Waals surface area contributed by atoms with Crippen LogP contribution >= 0.6 is 11.3 Å². The van der Waals surface area contributed by atoms with Crippen LogP contribution in [-0.2, 0) is 6.18 Å². The van der Waals surface area contributed by atoms with E-state index >= 15 is 0 Å². The molecule has 9 heteroatoms. The molecule has 1 aromatic carbocycles. The molecule has 0 radical (unpaired) electrons. The van der Waals surface area contributed by atoms with Crippen LogP contribution in [0.2, 0.25) is 0 Å². The molecule has 0 saturated carbocycles. The number of carbonyl (C=O) groups excluding carboxylic acids is 1. The van der Waals surface area contributed by atoms with Crippen LogP contribution in [0.15, 0.2) is 54.0 Å². The van der Waals surface area contributed by atoms with Gasteiger partial charge in [0.1, 0.15) is 16.7 Å². The molecular weight excluding hydrogens is 403 g/mol. The molecule has 152 valence electrons. The number of halogens is 3. The van der Waals surface area contributed by atoms with Crippen molar-refractivity contribution >= 4 is 17.2 Å². The van der Waals surface area contributed by atoms with Crippen molar-refractivity contribution < 1.29 is 22.7 Å². The number of benzene rings is 1. The summed E-state index contributed by atoms with van der Waals surface area (Å²) in [5.41, 5.74) is 0.296. The van der Waals surface area contributed by atoms with Crippen LogP contribution in [-0.4, -0.2) is 10.9 Å². The predicted molar refractivity (Wildman–Crippen MR) is 103 cm³/mol. The van der Waals surface area contributed by atoms with Crippen molar-refractivity contribution in [2.24, 2.45) is 5.92 Å². The zero-order chi connectivity index (χ0) is 21.2. The van der Waals surface area contributed by atoms with Gasteiger partial charge in [-0.25, -0.2) is 4.98 Å². The molecule has 3 rings (SSSR count). The Morgan fingerprint density at radius 3 is 2.45 bits per heavy atom.